The number of rotatable bonds is 9. The minimum absolute atomic E-state index is 0.0423. The average molecular weight is 464 g/mol. The summed E-state index contributed by atoms with van der Waals surface area (Å²) in [4.78, 5) is 26.4. The van der Waals surface area contributed by atoms with Crippen LogP contribution in [-0.2, 0) is 16.1 Å². The summed E-state index contributed by atoms with van der Waals surface area (Å²) in [7, 11) is 0. The van der Waals surface area contributed by atoms with Crippen molar-refractivity contribution < 1.29 is 18.4 Å². The van der Waals surface area contributed by atoms with E-state index >= 15 is 0 Å². The Morgan fingerprint density at radius 3 is 2.62 bits per heavy atom. The molecule has 1 aromatic heterocycles. The Bertz CT molecular complexity index is 909. The third-order valence-corrected chi connectivity index (χ3v) is 5.97. The van der Waals surface area contributed by atoms with Crippen LogP contribution in [0.2, 0.25) is 0 Å². The molecule has 7 nitrogen and oxygen atoms in total. The zero-order valence-corrected chi connectivity index (χ0v) is 18.8. The minimum atomic E-state index is -0.680. The van der Waals surface area contributed by atoms with E-state index in [1.165, 1.54) is 23.9 Å². The van der Waals surface area contributed by atoms with Crippen molar-refractivity contribution in [3.05, 3.63) is 47.5 Å². The van der Waals surface area contributed by atoms with Gasteiger partial charge in [-0.1, -0.05) is 18.7 Å². The number of hydrogen-bond donors (Lipinski definition) is 2. The maximum atomic E-state index is 13.2. The van der Waals surface area contributed by atoms with Crippen LogP contribution < -0.4 is 15.5 Å². The van der Waals surface area contributed by atoms with E-state index in [4.69, 9.17) is 0 Å². The van der Waals surface area contributed by atoms with Gasteiger partial charge in [0.25, 0.3) is 0 Å². The Morgan fingerprint density at radius 1 is 1.16 bits per heavy atom. The van der Waals surface area contributed by atoms with Gasteiger partial charge in [0.05, 0.1) is 11.7 Å². The molecule has 32 heavy (non-hydrogen) atoms. The second-order valence-corrected chi connectivity index (χ2v) is 8.64. The number of hydrogen-bond acceptors (Lipinski definition) is 6. The number of piperidine rings is 1. The van der Waals surface area contributed by atoms with Crippen LogP contribution in [0.5, 0.6) is 0 Å². The van der Waals surface area contributed by atoms with Gasteiger partial charge in [-0.15, -0.1) is 10.2 Å². The van der Waals surface area contributed by atoms with E-state index in [1.54, 1.807) is 6.07 Å². The van der Waals surface area contributed by atoms with Crippen molar-refractivity contribution in [1.82, 2.24) is 20.8 Å². The molecule has 10 heteroatoms. The number of thioether (sulfide) groups is 1. The van der Waals surface area contributed by atoms with Crippen LogP contribution in [0.15, 0.2) is 35.4 Å². The summed E-state index contributed by atoms with van der Waals surface area (Å²) in [5, 5.41) is 14.6. The van der Waals surface area contributed by atoms with Gasteiger partial charge < -0.3 is 15.5 Å². The molecule has 2 N–H and O–H groups in total. The van der Waals surface area contributed by atoms with Gasteiger partial charge in [-0.3, -0.25) is 9.59 Å². The number of halogens is 2. The molecular formula is C22H27F2N5O2S. The standard InChI is InChI=1S/C22H27F2N5O2S/c1-2-7-25-22(31)16-4-3-8-29(13-16)19-5-6-21(28-27-19)32-14-20(30)26-12-15-9-17(23)11-18(24)10-15/h5-6,9-11,16H,2-4,7-8,12-14H2,1H3,(H,25,31)(H,26,30)/t16-/m0/s1. The van der Waals surface area contributed by atoms with E-state index in [2.05, 4.69) is 25.7 Å². The average Bonchev–Trinajstić information content (AvgIpc) is 2.79. The zero-order valence-electron chi connectivity index (χ0n) is 17.9. The van der Waals surface area contributed by atoms with E-state index in [1.807, 2.05) is 13.0 Å². The van der Waals surface area contributed by atoms with Gasteiger partial charge in [0.1, 0.15) is 16.7 Å². The third-order valence-electron chi connectivity index (χ3n) is 5.05. The van der Waals surface area contributed by atoms with Crippen LogP contribution in [-0.4, -0.2) is 47.4 Å². The van der Waals surface area contributed by atoms with Crippen molar-refractivity contribution in [2.45, 2.75) is 37.8 Å². The summed E-state index contributed by atoms with van der Waals surface area (Å²) in [6.45, 7) is 4.19. The highest BCUT2D eigenvalue weighted by molar-refractivity contribution is 7.99. The maximum Gasteiger partial charge on any atom is 0.230 e. The van der Waals surface area contributed by atoms with E-state index in [0.29, 0.717) is 29.5 Å². The predicted octanol–water partition coefficient (Wildman–Crippen LogP) is 2.91. The molecule has 1 atom stereocenters. The highest BCUT2D eigenvalue weighted by Gasteiger charge is 2.26. The van der Waals surface area contributed by atoms with Crippen molar-refractivity contribution in [3.8, 4) is 0 Å². The van der Waals surface area contributed by atoms with Gasteiger partial charge in [-0.25, -0.2) is 8.78 Å². The van der Waals surface area contributed by atoms with Gasteiger partial charge in [-0.05, 0) is 49.1 Å². The number of carbonyl (C=O) groups is 2. The second kappa shape index (κ2) is 11.8. The van der Waals surface area contributed by atoms with Crippen molar-refractivity contribution in [1.29, 1.82) is 0 Å². The number of anilines is 1. The highest BCUT2D eigenvalue weighted by atomic mass is 32.2. The quantitative estimate of drug-likeness (QED) is 0.556. The largest absolute Gasteiger partial charge is 0.356 e. The van der Waals surface area contributed by atoms with Crippen molar-refractivity contribution >= 4 is 29.4 Å². The topological polar surface area (TPSA) is 87.2 Å². The summed E-state index contributed by atoms with van der Waals surface area (Å²) < 4.78 is 26.4. The summed E-state index contributed by atoms with van der Waals surface area (Å²) in [5.41, 5.74) is 0.355. The van der Waals surface area contributed by atoms with Gasteiger partial charge in [0.15, 0.2) is 5.82 Å². The number of carbonyl (C=O) groups excluding carboxylic acids is 2. The van der Waals surface area contributed by atoms with Crippen LogP contribution in [0.25, 0.3) is 0 Å². The monoisotopic (exact) mass is 463 g/mol. The van der Waals surface area contributed by atoms with E-state index < -0.39 is 11.6 Å². The van der Waals surface area contributed by atoms with E-state index in [9.17, 15) is 18.4 Å². The highest BCUT2D eigenvalue weighted by Crippen LogP contribution is 2.23. The molecule has 1 aliphatic heterocycles. The summed E-state index contributed by atoms with van der Waals surface area (Å²) >= 11 is 1.22. The number of amides is 2. The molecule has 2 aromatic rings. The first-order valence-electron chi connectivity index (χ1n) is 10.7. The molecule has 1 fully saturated rings. The number of nitrogens with zero attached hydrogens (tertiary/aromatic N) is 3. The molecule has 1 aromatic carbocycles. The molecular weight excluding hydrogens is 436 g/mol. The SMILES string of the molecule is CCCNC(=O)[C@H]1CCCN(c2ccc(SCC(=O)NCc3cc(F)cc(F)c3)nn2)C1. The lowest BCUT2D eigenvalue weighted by atomic mass is 9.97. The van der Waals surface area contributed by atoms with Gasteiger partial charge in [-0.2, -0.15) is 0 Å². The lowest BCUT2D eigenvalue weighted by Crippen LogP contribution is -2.43. The molecule has 172 valence electrons. The minimum Gasteiger partial charge on any atom is -0.356 e. The first-order valence-corrected chi connectivity index (χ1v) is 11.6. The smallest absolute Gasteiger partial charge is 0.230 e. The molecule has 3 rings (SSSR count). The summed E-state index contributed by atoms with van der Waals surface area (Å²) in [6.07, 6.45) is 2.69. The van der Waals surface area contributed by atoms with Crippen LogP contribution in [0.1, 0.15) is 31.7 Å². The molecule has 0 spiro atoms. The van der Waals surface area contributed by atoms with Gasteiger partial charge >= 0.3 is 0 Å². The van der Waals surface area contributed by atoms with Crippen LogP contribution in [0, 0.1) is 17.6 Å². The third kappa shape index (κ3) is 7.15. The normalized spacial score (nSPS) is 16.0. The molecule has 2 heterocycles. The fourth-order valence-electron chi connectivity index (χ4n) is 3.45. The molecule has 0 bridgehead atoms. The van der Waals surface area contributed by atoms with Crippen LogP contribution >= 0.6 is 11.8 Å². The number of aromatic nitrogens is 2. The van der Waals surface area contributed by atoms with Gasteiger partial charge in [0.2, 0.25) is 11.8 Å². The molecule has 0 radical (unpaired) electrons. The predicted molar refractivity (Wildman–Crippen MR) is 119 cm³/mol. The lowest BCUT2D eigenvalue weighted by Gasteiger charge is -2.32. The first kappa shape index (κ1) is 23.9. The Hall–Kier alpha value is -2.75. The number of benzene rings is 1. The lowest BCUT2D eigenvalue weighted by molar-refractivity contribution is -0.125. The Balaban J connectivity index is 1.46. The summed E-state index contributed by atoms with van der Waals surface area (Å²) in [5.74, 6) is -0.788. The maximum absolute atomic E-state index is 13.2. The Kier molecular flexibility index (Phi) is 8.78. The van der Waals surface area contributed by atoms with Crippen molar-refractivity contribution in [2.24, 2.45) is 5.92 Å². The molecule has 0 saturated carbocycles. The Morgan fingerprint density at radius 2 is 1.94 bits per heavy atom. The summed E-state index contributed by atoms with van der Waals surface area (Å²) in [6, 6.07) is 6.78. The molecule has 0 aliphatic carbocycles. The fraction of sp³-hybridized carbons (Fsp3) is 0.455. The van der Waals surface area contributed by atoms with Crippen LogP contribution in [0.3, 0.4) is 0 Å². The van der Waals surface area contributed by atoms with E-state index in [-0.39, 0.29) is 30.0 Å². The van der Waals surface area contributed by atoms with Crippen molar-refractivity contribution in [2.75, 3.05) is 30.3 Å². The molecule has 1 saturated heterocycles. The zero-order chi connectivity index (χ0) is 22.9. The Labute approximate surface area is 190 Å². The van der Waals surface area contributed by atoms with Crippen LogP contribution in [0.4, 0.5) is 14.6 Å². The molecule has 2 amide bonds. The molecule has 0 unspecified atom stereocenters. The first-order chi connectivity index (χ1) is 15.4. The van der Waals surface area contributed by atoms with Gasteiger partial charge in [0, 0.05) is 32.2 Å². The second-order valence-electron chi connectivity index (χ2n) is 7.65. The van der Waals surface area contributed by atoms with Crippen molar-refractivity contribution in [3.63, 3.8) is 0 Å². The number of nitrogens with one attached hydrogen (secondary N) is 2. The molecule has 1 aliphatic rings. The van der Waals surface area contributed by atoms with E-state index in [0.717, 1.165) is 31.9 Å². The fourth-order valence-corrected chi connectivity index (χ4v) is 4.10.